The number of benzene rings is 1. The predicted molar refractivity (Wildman–Crippen MR) is 61.9 cm³/mol. The van der Waals surface area contributed by atoms with Crippen molar-refractivity contribution in [3.05, 3.63) is 23.8 Å². The molecule has 2 rings (SSSR count). The number of hydrogen-bond donors (Lipinski definition) is 1. The summed E-state index contributed by atoms with van der Waals surface area (Å²) in [6.07, 6.45) is 0.885. The number of halogens is 2. The molecule has 1 aromatic carbocycles. The lowest BCUT2D eigenvalue weighted by atomic mass is 10.1. The molecule has 16 heavy (non-hydrogen) atoms. The van der Waals surface area contributed by atoms with Gasteiger partial charge in [0.15, 0.2) is 0 Å². The lowest BCUT2D eigenvalue weighted by Crippen LogP contribution is -2.30. The molecule has 0 atom stereocenters. The van der Waals surface area contributed by atoms with Crippen LogP contribution in [0.15, 0.2) is 18.2 Å². The SMILES string of the molecule is Nc1ccc(N2CCCCC2)c(C(F)F)c1. The van der Waals surface area contributed by atoms with Crippen LogP contribution in [-0.4, -0.2) is 13.1 Å². The maximum absolute atomic E-state index is 12.9. The normalized spacial score (nSPS) is 16.8. The number of nitrogens with two attached hydrogens (primary N) is 1. The first kappa shape index (κ1) is 11.2. The van der Waals surface area contributed by atoms with Crippen molar-refractivity contribution in [1.29, 1.82) is 0 Å². The highest BCUT2D eigenvalue weighted by Gasteiger charge is 2.19. The molecule has 0 amide bonds. The van der Waals surface area contributed by atoms with E-state index in [0.29, 0.717) is 11.4 Å². The number of anilines is 2. The van der Waals surface area contributed by atoms with Crippen LogP contribution in [0.1, 0.15) is 31.3 Å². The minimum atomic E-state index is -2.46. The fraction of sp³-hybridized carbons (Fsp3) is 0.500. The number of nitrogen functional groups attached to an aromatic ring is 1. The van der Waals surface area contributed by atoms with Gasteiger partial charge in [0.25, 0.3) is 6.43 Å². The molecular weight excluding hydrogens is 210 g/mol. The van der Waals surface area contributed by atoms with E-state index in [1.807, 2.05) is 4.90 Å². The van der Waals surface area contributed by atoms with Gasteiger partial charge in [0, 0.05) is 30.0 Å². The Bertz CT molecular complexity index is 360. The molecule has 1 fully saturated rings. The molecule has 2 N–H and O–H groups in total. The molecule has 88 valence electrons. The predicted octanol–water partition coefficient (Wildman–Crippen LogP) is 3.20. The molecule has 1 aromatic rings. The Morgan fingerprint density at radius 3 is 2.44 bits per heavy atom. The molecule has 1 saturated heterocycles. The van der Waals surface area contributed by atoms with E-state index in [0.717, 1.165) is 25.9 Å². The number of alkyl halides is 2. The van der Waals surface area contributed by atoms with Gasteiger partial charge in [0.1, 0.15) is 0 Å². The average molecular weight is 226 g/mol. The quantitative estimate of drug-likeness (QED) is 0.785. The van der Waals surface area contributed by atoms with E-state index in [1.165, 1.54) is 12.5 Å². The van der Waals surface area contributed by atoms with Gasteiger partial charge in [-0.25, -0.2) is 8.78 Å². The van der Waals surface area contributed by atoms with E-state index in [2.05, 4.69) is 0 Å². The van der Waals surface area contributed by atoms with Gasteiger partial charge in [-0.15, -0.1) is 0 Å². The van der Waals surface area contributed by atoms with Crippen molar-refractivity contribution >= 4 is 11.4 Å². The van der Waals surface area contributed by atoms with Crippen LogP contribution in [0.4, 0.5) is 20.2 Å². The highest BCUT2D eigenvalue weighted by atomic mass is 19.3. The van der Waals surface area contributed by atoms with E-state index in [1.54, 1.807) is 12.1 Å². The zero-order valence-electron chi connectivity index (χ0n) is 9.13. The summed E-state index contributed by atoms with van der Waals surface area (Å²) in [5.41, 5.74) is 6.64. The van der Waals surface area contributed by atoms with Crippen molar-refractivity contribution in [2.24, 2.45) is 0 Å². The van der Waals surface area contributed by atoms with Crippen molar-refractivity contribution < 1.29 is 8.78 Å². The summed E-state index contributed by atoms with van der Waals surface area (Å²) >= 11 is 0. The van der Waals surface area contributed by atoms with E-state index < -0.39 is 6.43 Å². The van der Waals surface area contributed by atoms with Crippen molar-refractivity contribution in [1.82, 2.24) is 0 Å². The van der Waals surface area contributed by atoms with E-state index >= 15 is 0 Å². The van der Waals surface area contributed by atoms with Crippen LogP contribution in [-0.2, 0) is 0 Å². The minimum absolute atomic E-state index is 0.0573. The number of nitrogens with zero attached hydrogens (tertiary/aromatic N) is 1. The highest BCUT2D eigenvalue weighted by Crippen LogP contribution is 2.32. The average Bonchev–Trinajstić information content (AvgIpc) is 2.30. The van der Waals surface area contributed by atoms with Crippen LogP contribution in [0.25, 0.3) is 0 Å². The van der Waals surface area contributed by atoms with Gasteiger partial charge in [-0.2, -0.15) is 0 Å². The van der Waals surface area contributed by atoms with Crippen LogP contribution in [0.3, 0.4) is 0 Å². The summed E-state index contributed by atoms with van der Waals surface area (Å²) in [6, 6.07) is 4.78. The molecule has 2 nitrogen and oxygen atoms in total. The fourth-order valence-corrected chi connectivity index (χ4v) is 2.17. The molecule has 0 bridgehead atoms. The maximum Gasteiger partial charge on any atom is 0.265 e. The molecule has 0 aromatic heterocycles. The lowest BCUT2D eigenvalue weighted by Gasteiger charge is -2.30. The lowest BCUT2D eigenvalue weighted by molar-refractivity contribution is 0.152. The molecular formula is C12H16F2N2. The Hall–Kier alpha value is -1.32. The molecule has 0 aliphatic carbocycles. The highest BCUT2D eigenvalue weighted by molar-refractivity contribution is 5.60. The van der Waals surface area contributed by atoms with Crippen LogP contribution in [0.5, 0.6) is 0 Å². The summed E-state index contributed by atoms with van der Waals surface area (Å²) in [6.45, 7) is 1.73. The molecule has 0 radical (unpaired) electrons. The second kappa shape index (κ2) is 4.68. The van der Waals surface area contributed by atoms with Gasteiger partial charge in [0.05, 0.1) is 0 Å². The van der Waals surface area contributed by atoms with Gasteiger partial charge >= 0.3 is 0 Å². The van der Waals surface area contributed by atoms with E-state index in [9.17, 15) is 8.78 Å². The van der Waals surface area contributed by atoms with Gasteiger partial charge in [-0.3, -0.25) is 0 Å². The number of piperidine rings is 1. The summed E-state index contributed by atoms with van der Waals surface area (Å²) in [4.78, 5) is 2.03. The van der Waals surface area contributed by atoms with Crippen molar-refractivity contribution in [2.75, 3.05) is 23.7 Å². The number of hydrogen-bond acceptors (Lipinski definition) is 2. The van der Waals surface area contributed by atoms with Crippen LogP contribution < -0.4 is 10.6 Å². The summed E-state index contributed by atoms with van der Waals surface area (Å²) < 4.78 is 25.8. The minimum Gasteiger partial charge on any atom is -0.399 e. The second-order valence-corrected chi connectivity index (χ2v) is 4.17. The van der Waals surface area contributed by atoms with Crippen molar-refractivity contribution in [2.45, 2.75) is 25.7 Å². The largest absolute Gasteiger partial charge is 0.399 e. The van der Waals surface area contributed by atoms with Gasteiger partial charge in [-0.1, -0.05) is 0 Å². The Morgan fingerprint density at radius 2 is 1.81 bits per heavy atom. The Kier molecular flexibility index (Phi) is 3.27. The molecule has 0 saturated carbocycles. The first-order chi connectivity index (χ1) is 7.68. The van der Waals surface area contributed by atoms with Crippen molar-refractivity contribution in [3.8, 4) is 0 Å². The molecule has 1 aliphatic rings. The molecule has 4 heteroatoms. The maximum atomic E-state index is 12.9. The van der Waals surface area contributed by atoms with E-state index in [-0.39, 0.29) is 5.56 Å². The van der Waals surface area contributed by atoms with Gasteiger partial charge < -0.3 is 10.6 Å². The third kappa shape index (κ3) is 2.26. The first-order valence-electron chi connectivity index (χ1n) is 5.61. The summed E-state index contributed by atoms with van der Waals surface area (Å²) in [5.74, 6) is 0. The third-order valence-electron chi connectivity index (χ3n) is 2.98. The Labute approximate surface area is 94.0 Å². The number of rotatable bonds is 2. The van der Waals surface area contributed by atoms with Crippen LogP contribution in [0.2, 0.25) is 0 Å². The first-order valence-corrected chi connectivity index (χ1v) is 5.61. The summed E-state index contributed by atoms with van der Waals surface area (Å²) in [7, 11) is 0. The topological polar surface area (TPSA) is 29.3 Å². The van der Waals surface area contributed by atoms with E-state index in [4.69, 9.17) is 5.73 Å². The molecule has 1 aliphatic heterocycles. The molecule has 0 spiro atoms. The molecule has 0 unspecified atom stereocenters. The Balaban J connectivity index is 2.31. The zero-order chi connectivity index (χ0) is 11.5. The second-order valence-electron chi connectivity index (χ2n) is 4.17. The third-order valence-corrected chi connectivity index (χ3v) is 2.98. The smallest absolute Gasteiger partial charge is 0.265 e. The summed E-state index contributed by atoms with van der Waals surface area (Å²) in [5, 5.41) is 0. The van der Waals surface area contributed by atoms with Gasteiger partial charge in [-0.05, 0) is 37.5 Å². The molecule has 1 heterocycles. The Morgan fingerprint density at radius 1 is 1.12 bits per heavy atom. The standard InChI is InChI=1S/C12H16F2N2/c13-12(14)10-8-9(15)4-5-11(10)16-6-2-1-3-7-16/h4-5,8,12H,1-3,6-7,15H2. The van der Waals surface area contributed by atoms with Crippen LogP contribution in [0, 0.1) is 0 Å². The van der Waals surface area contributed by atoms with Crippen molar-refractivity contribution in [3.63, 3.8) is 0 Å². The van der Waals surface area contributed by atoms with Gasteiger partial charge in [0.2, 0.25) is 0 Å². The monoisotopic (exact) mass is 226 g/mol. The zero-order valence-corrected chi connectivity index (χ0v) is 9.13. The van der Waals surface area contributed by atoms with Crippen LogP contribution >= 0.6 is 0 Å². The fourth-order valence-electron chi connectivity index (χ4n) is 2.17.